The Bertz CT molecular complexity index is 495. The van der Waals surface area contributed by atoms with E-state index in [1.807, 2.05) is 6.92 Å². The van der Waals surface area contributed by atoms with Gasteiger partial charge < -0.3 is 15.1 Å². The fraction of sp³-hybridized carbons (Fsp3) is 0.733. The second-order valence-corrected chi connectivity index (χ2v) is 5.94. The third-order valence-electron chi connectivity index (χ3n) is 4.36. The maximum atomic E-state index is 5.72. The molecule has 3 rings (SSSR count). The number of rotatable bonds is 5. The Morgan fingerprint density at radius 2 is 1.95 bits per heavy atom. The van der Waals surface area contributed by atoms with Gasteiger partial charge in [0.25, 0.3) is 0 Å². The van der Waals surface area contributed by atoms with Crippen molar-refractivity contribution in [2.45, 2.75) is 51.6 Å². The molecule has 3 N–H and O–H groups in total. The summed E-state index contributed by atoms with van der Waals surface area (Å²) >= 11 is 0. The summed E-state index contributed by atoms with van der Waals surface area (Å²) in [5.41, 5.74) is 3.76. The maximum Gasteiger partial charge on any atom is 0.148 e. The van der Waals surface area contributed by atoms with E-state index in [9.17, 15) is 0 Å². The number of hydrogen-bond acceptors (Lipinski definition) is 6. The fourth-order valence-corrected chi connectivity index (χ4v) is 2.96. The predicted molar refractivity (Wildman–Crippen MR) is 83.4 cm³/mol. The van der Waals surface area contributed by atoms with Crippen molar-refractivity contribution in [1.29, 1.82) is 0 Å². The summed E-state index contributed by atoms with van der Waals surface area (Å²) in [5.74, 6) is 8.88. The highest BCUT2D eigenvalue weighted by Gasteiger charge is 2.30. The lowest BCUT2D eigenvalue weighted by atomic mass is 10.1. The Kier molecular flexibility index (Phi) is 4.26. The average Bonchev–Trinajstić information content (AvgIpc) is 3.34. The van der Waals surface area contributed by atoms with Crippen molar-refractivity contribution < 1.29 is 4.74 Å². The van der Waals surface area contributed by atoms with Crippen LogP contribution in [0.1, 0.15) is 49.9 Å². The van der Waals surface area contributed by atoms with Crippen LogP contribution in [0.5, 0.6) is 0 Å². The lowest BCUT2D eigenvalue weighted by Gasteiger charge is -2.33. The number of aromatic nitrogens is 2. The minimum absolute atomic E-state index is 0.392. The summed E-state index contributed by atoms with van der Waals surface area (Å²) in [7, 11) is 0. The van der Waals surface area contributed by atoms with Gasteiger partial charge in [-0.25, -0.2) is 15.8 Å². The number of hydrogen-bond donors (Lipinski definition) is 2. The molecule has 1 aromatic rings. The molecular weight excluding hydrogens is 266 g/mol. The SMILES string of the molecule is CCOC1CCN(c2nc(C3CC3)nc(NN)c2C)CC1. The number of nitrogens with zero attached hydrogens (tertiary/aromatic N) is 3. The Morgan fingerprint density at radius 1 is 1.24 bits per heavy atom. The van der Waals surface area contributed by atoms with E-state index in [2.05, 4.69) is 22.2 Å². The largest absolute Gasteiger partial charge is 0.378 e. The molecule has 0 unspecified atom stereocenters. The van der Waals surface area contributed by atoms with Gasteiger partial charge in [0.05, 0.1) is 6.10 Å². The molecule has 1 aliphatic heterocycles. The quantitative estimate of drug-likeness (QED) is 0.638. The first-order valence-electron chi connectivity index (χ1n) is 7.94. The van der Waals surface area contributed by atoms with Gasteiger partial charge in [-0.3, -0.25) is 0 Å². The Morgan fingerprint density at radius 3 is 2.52 bits per heavy atom. The molecule has 6 nitrogen and oxygen atoms in total. The first-order chi connectivity index (χ1) is 10.2. The molecule has 21 heavy (non-hydrogen) atoms. The zero-order valence-corrected chi connectivity index (χ0v) is 12.9. The second-order valence-electron chi connectivity index (χ2n) is 5.94. The van der Waals surface area contributed by atoms with Gasteiger partial charge in [0.2, 0.25) is 0 Å². The van der Waals surface area contributed by atoms with Crippen LogP contribution in [-0.2, 0) is 4.74 Å². The zero-order valence-electron chi connectivity index (χ0n) is 12.9. The van der Waals surface area contributed by atoms with Gasteiger partial charge in [0.1, 0.15) is 17.5 Å². The number of ether oxygens (including phenoxy) is 1. The highest BCUT2D eigenvalue weighted by molar-refractivity contribution is 5.58. The third kappa shape index (κ3) is 3.11. The van der Waals surface area contributed by atoms with E-state index >= 15 is 0 Å². The number of hydrazine groups is 1. The molecule has 0 spiro atoms. The van der Waals surface area contributed by atoms with Crippen molar-refractivity contribution in [2.75, 3.05) is 30.0 Å². The van der Waals surface area contributed by atoms with Crippen molar-refractivity contribution in [1.82, 2.24) is 9.97 Å². The van der Waals surface area contributed by atoms with E-state index in [1.54, 1.807) is 0 Å². The molecule has 0 radical (unpaired) electrons. The molecule has 2 aliphatic rings. The molecule has 1 saturated heterocycles. The zero-order chi connectivity index (χ0) is 14.8. The van der Waals surface area contributed by atoms with Crippen molar-refractivity contribution in [3.63, 3.8) is 0 Å². The van der Waals surface area contributed by atoms with Crippen LogP contribution in [0.15, 0.2) is 0 Å². The van der Waals surface area contributed by atoms with E-state index in [-0.39, 0.29) is 0 Å². The first kappa shape index (κ1) is 14.5. The third-order valence-corrected chi connectivity index (χ3v) is 4.36. The van der Waals surface area contributed by atoms with E-state index < -0.39 is 0 Å². The van der Waals surface area contributed by atoms with Gasteiger partial charge in [0, 0.05) is 31.2 Å². The number of nitrogens with one attached hydrogen (secondary N) is 1. The topological polar surface area (TPSA) is 76.3 Å². The molecule has 1 aromatic heterocycles. The first-order valence-corrected chi connectivity index (χ1v) is 7.94. The molecule has 116 valence electrons. The van der Waals surface area contributed by atoms with Crippen LogP contribution in [0.3, 0.4) is 0 Å². The van der Waals surface area contributed by atoms with Crippen LogP contribution in [0.4, 0.5) is 11.6 Å². The number of nitrogens with two attached hydrogens (primary N) is 1. The van der Waals surface area contributed by atoms with Crippen LogP contribution in [0.25, 0.3) is 0 Å². The molecule has 0 amide bonds. The second kappa shape index (κ2) is 6.15. The van der Waals surface area contributed by atoms with Crippen LogP contribution in [0, 0.1) is 6.92 Å². The summed E-state index contributed by atoms with van der Waals surface area (Å²) in [6.45, 7) is 6.86. The van der Waals surface area contributed by atoms with Gasteiger partial charge in [-0.15, -0.1) is 0 Å². The van der Waals surface area contributed by atoms with Gasteiger partial charge >= 0.3 is 0 Å². The molecule has 1 saturated carbocycles. The van der Waals surface area contributed by atoms with E-state index in [4.69, 9.17) is 15.6 Å². The predicted octanol–water partition coefficient (Wildman–Crippen LogP) is 1.95. The molecule has 1 aliphatic carbocycles. The summed E-state index contributed by atoms with van der Waals surface area (Å²) in [4.78, 5) is 11.7. The van der Waals surface area contributed by atoms with Crippen molar-refractivity contribution in [3.8, 4) is 0 Å². The summed E-state index contributed by atoms with van der Waals surface area (Å²) in [5, 5.41) is 0. The van der Waals surface area contributed by atoms with E-state index in [1.165, 1.54) is 12.8 Å². The number of anilines is 2. The highest BCUT2D eigenvalue weighted by atomic mass is 16.5. The minimum Gasteiger partial charge on any atom is -0.378 e. The maximum absolute atomic E-state index is 5.72. The van der Waals surface area contributed by atoms with Gasteiger partial charge in [-0.05, 0) is 39.5 Å². The molecule has 6 heteroatoms. The van der Waals surface area contributed by atoms with Gasteiger partial charge in [0.15, 0.2) is 0 Å². The average molecular weight is 291 g/mol. The smallest absolute Gasteiger partial charge is 0.148 e. The molecule has 0 atom stereocenters. The summed E-state index contributed by atoms with van der Waals surface area (Å²) in [6, 6.07) is 0. The van der Waals surface area contributed by atoms with Gasteiger partial charge in [-0.2, -0.15) is 0 Å². The number of piperidine rings is 1. The van der Waals surface area contributed by atoms with E-state index in [0.717, 1.165) is 55.6 Å². The van der Waals surface area contributed by atoms with E-state index in [0.29, 0.717) is 12.0 Å². The lowest BCUT2D eigenvalue weighted by molar-refractivity contribution is 0.0458. The summed E-state index contributed by atoms with van der Waals surface area (Å²) in [6.07, 6.45) is 4.89. The Balaban J connectivity index is 1.79. The van der Waals surface area contributed by atoms with Crippen molar-refractivity contribution in [3.05, 3.63) is 11.4 Å². The Labute approximate surface area is 126 Å². The monoisotopic (exact) mass is 291 g/mol. The van der Waals surface area contributed by atoms with Gasteiger partial charge in [-0.1, -0.05) is 0 Å². The van der Waals surface area contributed by atoms with Crippen LogP contribution in [0.2, 0.25) is 0 Å². The van der Waals surface area contributed by atoms with Crippen LogP contribution in [-0.4, -0.2) is 35.8 Å². The lowest BCUT2D eigenvalue weighted by Crippen LogP contribution is -2.38. The van der Waals surface area contributed by atoms with Crippen LogP contribution >= 0.6 is 0 Å². The molecule has 0 bridgehead atoms. The highest BCUT2D eigenvalue weighted by Crippen LogP contribution is 2.40. The Hall–Kier alpha value is -1.40. The molecular formula is C15H25N5O. The van der Waals surface area contributed by atoms with Crippen molar-refractivity contribution >= 4 is 11.6 Å². The fourth-order valence-electron chi connectivity index (χ4n) is 2.96. The molecule has 2 fully saturated rings. The molecule has 0 aromatic carbocycles. The minimum atomic E-state index is 0.392. The number of nitrogen functional groups attached to an aromatic ring is 1. The normalized spacial score (nSPS) is 19.9. The van der Waals surface area contributed by atoms with Crippen molar-refractivity contribution in [2.24, 2.45) is 5.84 Å². The standard InChI is InChI=1S/C15H25N5O/c1-3-21-12-6-8-20(9-7-12)15-10(2)13(19-16)17-14(18-15)11-4-5-11/h11-12H,3-9,16H2,1-2H3,(H,17,18,19). The van der Waals surface area contributed by atoms with Crippen LogP contribution < -0.4 is 16.2 Å². The molecule has 2 heterocycles. The summed E-state index contributed by atoms with van der Waals surface area (Å²) < 4.78 is 5.72.